The van der Waals surface area contributed by atoms with E-state index in [9.17, 15) is 9.18 Å². The van der Waals surface area contributed by atoms with Crippen molar-refractivity contribution in [2.45, 2.75) is 36.7 Å². The molecule has 1 aromatic heterocycles. The van der Waals surface area contributed by atoms with Crippen molar-refractivity contribution in [3.63, 3.8) is 0 Å². The van der Waals surface area contributed by atoms with Gasteiger partial charge in [-0.05, 0) is 59.9 Å². The monoisotopic (exact) mass is 570 g/mol. The highest BCUT2D eigenvalue weighted by atomic mass is 35.5. The second kappa shape index (κ2) is 12.9. The van der Waals surface area contributed by atoms with Gasteiger partial charge >= 0.3 is 0 Å². The summed E-state index contributed by atoms with van der Waals surface area (Å²) in [6, 6.07) is 31.3. The van der Waals surface area contributed by atoms with Gasteiger partial charge < -0.3 is 5.32 Å². The molecule has 5 aromatic rings. The number of benzene rings is 4. The fourth-order valence-electron chi connectivity index (χ4n) is 4.46. The molecule has 1 unspecified atom stereocenters. The quantitative estimate of drug-likeness (QED) is 0.179. The van der Waals surface area contributed by atoms with E-state index in [1.807, 2.05) is 78.2 Å². The van der Waals surface area contributed by atoms with E-state index < -0.39 is 6.04 Å². The third-order valence-electron chi connectivity index (χ3n) is 6.49. The van der Waals surface area contributed by atoms with Crippen LogP contribution in [0.25, 0.3) is 5.69 Å². The average Bonchev–Trinajstić information content (AvgIpc) is 3.39. The Hall–Kier alpha value is -3.94. The van der Waals surface area contributed by atoms with Gasteiger partial charge in [-0.15, -0.1) is 10.2 Å². The summed E-state index contributed by atoms with van der Waals surface area (Å²) in [5.74, 6) is 0.788. The Kier molecular flexibility index (Phi) is 8.94. The highest BCUT2D eigenvalue weighted by Crippen LogP contribution is 2.31. The lowest BCUT2D eigenvalue weighted by Gasteiger charge is -2.21. The number of nitrogens with one attached hydrogen (secondary N) is 1. The highest BCUT2D eigenvalue weighted by Gasteiger charge is 2.26. The molecule has 202 valence electrons. The molecule has 4 aromatic carbocycles. The van der Waals surface area contributed by atoms with Gasteiger partial charge in [-0.1, -0.05) is 102 Å². The Labute approximate surface area is 242 Å². The van der Waals surface area contributed by atoms with Crippen molar-refractivity contribution in [2.75, 3.05) is 0 Å². The van der Waals surface area contributed by atoms with Crippen LogP contribution in [0.3, 0.4) is 0 Å². The zero-order chi connectivity index (χ0) is 27.9. The van der Waals surface area contributed by atoms with Crippen LogP contribution in [0.15, 0.2) is 108 Å². The number of halogens is 2. The van der Waals surface area contributed by atoms with Crippen molar-refractivity contribution in [2.24, 2.45) is 0 Å². The molecule has 1 heterocycles. The molecular formula is C32H28ClFN4OS. The van der Waals surface area contributed by atoms with Crippen molar-refractivity contribution < 1.29 is 9.18 Å². The maximum absolute atomic E-state index is 13.4. The van der Waals surface area contributed by atoms with E-state index in [-0.39, 0.29) is 18.1 Å². The molecule has 0 saturated heterocycles. The Morgan fingerprint density at radius 1 is 0.900 bits per heavy atom. The van der Waals surface area contributed by atoms with E-state index in [0.717, 1.165) is 22.4 Å². The van der Waals surface area contributed by atoms with E-state index in [1.165, 1.54) is 17.7 Å². The Morgan fingerprint density at radius 2 is 1.57 bits per heavy atom. The third-order valence-corrected chi connectivity index (χ3v) is 7.72. The number of thioether (sulfide) groups is 1. The molecule has 0 aliphatic rings. The lowest BCUT2D eigenvalue weighted by molar-refractivity contribution is -0.121. The molecule has 1 N–H and O–H groups in total. The number of aryl methyl sites for hydroxylation is 1. The third kappa shape index (κ3) is 6.97. The Bertz CT molecular complexity index is 1580. The molecule has 0 aliphatic heterocycles. The number of hydrogen-bond donors (Lipinski definition) is 1. The van der Waals surface area contributed by atoms with Crippen LogP contribution in [0.4, 0.5) is 4.39 Å². The van der Waals surface area contributed by atoms with Crippen molar-refractivity contribution in [1.82, 2.24) is 20.1 Å². The second-order valence-electron chi connectivity index (χ2n) is 9.49. The molecular weight excluding hydrogens is 543 g/mol. The largest absolute Gasteiger partial charge is 0.345 e. The van der Waals surface area contributed by atoms with Crippen LogP contribution in [0.2, 0.25) is 5.02 Å². The molecule has 1 amide bonds. The molecule has 5 rings (SSSR count). The molecule has 5 nitrogen and oxygen atoms in total. The van der Waals surface area contributed by atoms with E-state index in [2.05, 4.69) is 27.6 Å². The van der Waals surface area contributed by atoms with Crippen molar-refractivity contribution in [3.8, 4) is 5.69 Å². The molecule has 8 heteroatoms. The first-order chi connectivity index (χ1) is 19.5. The predicted molar refractivity (Wildman–Crippen MR) is 158 cm³/mol. The summed E-state index contributed by atoms with van der Waals surface area (Å²) in [5, 5.41) is 13.7. The normalized spacial score (nSPS) is 11.8. The zero-order valence-corrected chi connectivity index (χ0v) is 23.5. The number of nitrogens with zero attached hydrogens (tertiary/aromatic N) is 3. The minimum atomic E-state index is -0.479. The van der Waals surface area contributed by atoms with Gasteiger partial charge in [-0.2, -0.15) is 0 Å². The lowest BCUT2D eigenvalue weighted by atomic mass is 10.0. The van der Waals surface area contributed by atoms with E-state index in [4.69, 9.17) is 11.6 Å². The van der Waals surface area contributed by atoms with Gasteiger partial charge in [0.15, 0.2) is 11.0 Å². The smallest absolute Gasteiger partial charge is 0.225 e. The summed E-state index contributed by atoms with van der Waals surface area (Å²) in [6.45, 7) is 2.01. The van der Waals surface area contributed by atoms with Crippen LogP contribution < -0.4 is 5.32 Å². The number of carbonyl (C=O) groups is 1. The summed E-state index contributed by atoms with van der Waals surface area (Å²) < 4.78 is 15.4. The van der Waals surface area contributed by atoms with Crippen molar-refractivity contribution >= 4 is 29.3 Å². The van der Waals surface area contributed by atoms with Crippen LogP contribution in [-0.2, 0) is 23.4 Å². The molecule has 1 atom stereocenters. The van der Waals surface area contributed by atoms with Gasteiger partial charge in [0.25, 0.3) is 0 Å². The molecule has 0 spiro atoms. The lowest BCUT2D eigenvalue weighted by Crippen LogP contribution is -2.33. The number of hydrogen-bond acceptors (Lipinski definition) is 4. The Balaban J connectivity index is 1.52. The fraction of sp³-hybridized carbons (Fsp3) is 0.156. The van der Waals surface area contributed by atoms with Gasteiger partial charge in [0.1, 0.15) is 5.82 Å². The van der Waals surface area contributed by atoms with E-state index >= 15 is 0 Å². The molecule has 0 aliphatic carbocycles. The first-order valence-corrected chi connectivity index (χ1v) is 14.3. The standard InChI is InChI=1S/C32H28ClFN4OS/c1-22-12-15-26(33)20-29(22)38-31(36-37-32(38)40-21-25-10-6-3-7-11-25)28(18-23-8-4-2-5-9-23)35-30(39)19-24-13-16-27(34)17-14-24/h2-17,20,28H,18-19,21H2,1H3,(H,35,39). The minimum absolute atomic E-state index is 0.117. The molecule has 0 fully saturated rings. The van der Waals surface area contributed by atoms with Crippen LogP contribution in [0.1, 0.15) is 34.1 Å². The molecule has 40 heavy (non-hydrogen) atoms. The van der Waals surface area contributed by atoms with Gasteiger partial charge in [0.2, 0.25) is 5.91 Å². The summed E-state index contributed by atoms with van der Waals surface area (Å²) >= 11 is 8.02. The second-order valence-corrected chi connectivity index (χ2v) is 10.9. The topological polar surface area (TPSA) is 59.8 Å². The van der Waals surface area contributed by atoms with E-state index in [0.29, 0.717) is 28.2 Å². The van der Waals surface area contributed by atoms with Crippen LogP contribution in [0.5, 0.6) is 0 Å². The van der Waals surface area contributed by atoms with Crippen molar-refractivity contribution in [1.29, 1.82) is 0 Å². The van der Waals surface area contributed by atoms with Crippen LogP contribution >= 0.6 is 23.4 Å². The Morgan fingerprint density at radius 3 is 2.27 bits per heavy atom. The first kappa shape index (κ1) is 27.6. The van der Waals surface area contributed by atoms with Crippen molar-refractivity contribution in [3.05, 3.63) is 142 Å². The maximum atomic E-state index is 13.4. The number of amides is 1. The van der Waals surface area contributed by atoms with E-state index in [1.54, 1.807) is 23.9 Å². The fourth-order valence-corrected chi connectivity index (χ4v) is 5.54. The molecule has 0 radical (unpaired) electrons. The van der Waals surface area contributed by atoms with Gasteiger partial charge in [0.05, 0.1) is 18.2 Å². The maximum Gasteiger partial charge on any atom is 0.225 e. The molecule has 0 bridgehead atoms. The predicted octanol–water partition coefficient (Wildman–Crippen LogP) is 7.30. The minimum Gasteiger partial charge on any atom is -0.345 e. The molecule has 0 saturated carbocycles. The highest BCUT2D eigenvalue weighted by molar-refractivity contribution is 7.98. The summed E-state index contributed by atoms with van der Waals surface area (Å²) in [4.78, 5) is 13.3. The van der Waals surface area contributed by atoms with Gasteiger partial charge in [-0.25, -0.2) is 4.39 Å². The zero-order valence-electron chi connectivity index (χ0n) is 21.9. The summed E-state index contributed by atoms with van der Waals surface area (Å²) in [6.07, 6.45) is 0.628. The first-order valence-electron chi connectivity index (χ1n) is 12.9. The van der Waals surface area contributed by atoms with Gasteiger partial charge in [0, 0.05) is 10.8 Å². The SMILES string of the molecule is Cc1ccc(Cl)cc1-n1c(SCc2ccccc2)nnc1C(Cc1ccccc1)NC(=O)Cc1ccc(F)cc1. The number of aromatic nitrogens is 3. The average molecular weight is 571 g/mol. The number of carbonyl (C=O) groups excluding carboxylic acids is 1. The summed E-state index contributed by atoms with van der Waals surface area (Å²) in [5.41, 5.74) is 4.80. The van der Waals surface area contributed by atoms with Crippen LogP contribution in [0, 0.1) is 12.7 Å². The number of rotatable bonds is 10. The summed E-state index contributed by atoms with van der Waals surface area (Å²) in [7, 11) is 0. The van der Waals surface area contributed by atoms with Crippen LogP contribution in [-0.4, -0.2) is 20.7 Å². The van der Waals surface area contributed by atoms with Gasteiger partial charge in [-0.3, -0.25) is 9.36 Å².